The van der Waals surface area contributed by atoms with Gasteiger partial charge in [0.25, 0.3) is 0 Å². The number of likely N-dealkylation sites (tertiary alicyclic amines) is 1. The predicted molar refractivity (Wildman–Crippen MR) is 96.0 cm³/mol. The highest BCUT2D eigenvalue weighted by Crippen LogP contribution is 2.41. The average molecular weight is 323 g/mol. The van der Waals surface area contributed by atoms with Crippen LogP contribution in [0, 0.1) is 0 Å². The van der Waals surface area contributed by atoms with Crippen LogP contribution in [0.4, 0.5) is 0 Å². The van der Waals surface area contributed by atoms with Crippen LogP contribution in [0.15, 0.2) is 60.7 Å². The van der Waals surface area contributed by atoms with Crippen molar-refractivity contribution in [2.24, 2.45) is 0 Å². The van der Waals surface area contributed by atoms with Gasteiger partial charge in [-0.05, 0) is 44.0 Å². The van der Waals surface area contributed by atoms with E-state index in [1.165, 1.54) is 11.1 Å². The first-order valence-electron chi connectivity index (χ1n) is 8.73. The van der Waals surface area contributed by atoms with Crippen LogP contribution in [0.5, 0.6) is 0 Å². The van der Waals surface area contributed by atoms with Crippen LogP contribution in [-0.4, -0.2) is 37.1 Å². The van der Waals surface area contributed by atoms with Crippen molar-refractivity contribution in [2.75, 3.05) is 26.2 Å². The Morgan fingerprint density at radius 1 is 0.958 bits per heavy atom. The number of nitrogens with zero attached hydrogens (tertiary/aromatic N) is 1. The second-order valence-electron chi connectivity index (χ2n) is 6.40. The number of rotatable bonds is 5. The fourth-order valence-electron chi connectivity index (χ4n) is 3.74. The summed E-state index contributed by atoms with van der Waals surface area (Å²) in [6.45, 7) is 4.51. The van der Waals surface area contributed by atoms with Gasteiger partial charge < -0.3 is 4.74 Å². The quantitative estimate of drug-likeness (QED) is 0.787. The molecule has 0 amide bonds. The molecule has 3 nitrogen and oxygen atoms in total. The SMILES string of the molecule is CCOC(=O)CN1CCC(c2ccccc2)(c2ccccc2)CC1. The molecule has 0 aromatic heterocycles. The zero-order valence-corrected chi connectivity index (χ0v) is 14.3. The summed E-state index contributed by atoms with van der Waals surface area (Å²) in [5.74, 6) is -0.121. The molecule has 0 spiro atoms. The maximum atomic E-state index is 11.7. The second-order valence-corrected chi connectivity index (χ2v) is 6.40. The highest BCUT2D eigenvalue weighted by molar-refractivity contribution is 5.71. The Hall–Kier alpha value is -2.13. The molecule has 24 heavy (non-hydrogen) atoms. The van der Waals surface area contributed by atoms with Crippen LogP contribution in [-0.2, 0) is 14.9 Å². The number of carbonyl (C=O) groups is 1. The Kier molecular flexibility index (Phi) is 5.31. The van der Waals surface area contributed by atoms with Crippen molar-refractivity contribution >= 4 is 5.97 Å². The number of ether oxygens (including phenoxy) is 1. The molecule has 0 saturated carbocycles. The predicted octanol–water partition coefficient (Wildman–Crippen LogP) is 3.63. The smallest absolute Gasteiger partial charge is 0.320 e. The summed E-state index contributed by atoms with van der Waals surface area (Å²) in [6.07, 6.45) is 2.03. The molecule has 126 valence electrons. The lowest BCUT2D eigenvalue weighted by atomic mass is 9.68. The maximum absolute atomic E-state index is 11.7. The summed E-state index contributed by atoms with van der Waals surface area (Å²) in [5.41, 5.74) is 2.77. The lowest BCUT2D eigenvalue weighted by Crippen LogP contribution is -2.45. The van der Waals surface area contributed by atoms with Gasteiger partial charge in [-0.2, -0.15) is 0 Å². The van der Waals surface area contributed by atoms with Crippen LogP contribution in [0.25, 0.3) is 0 Å². The van der Waals surface area contributed by atoms with Crippen LogP contribution >= 0.6 is 0 Å². The van der Waals surface area contributed by atoms with E-state index in [1.54, 1.807) is 0 Å². The zero-order valence-electron chi connectivity index (χ0n) is 14.3. The third kappa shape index (κ3) is 3.51. The molecule has 0 bridgehead atoms. The Morgan fingerprint density at radius 3 is 1.92 bits per heavy atom. The van der Waals surface area contributed by atoms with Crippen LogP contribution < -0.4 is 0 Å². The van der Waals surface area contributed by atoms with Gasteiger partial charge in [0.05, 0.1) is 13.2 Å². The third-order valence-electron chi connectivity index (χ3n) is 5.02. The van der Waals surface area contributed by atoms with Crippen molar-refractivity contribution in [3.63, 3.8) is 0 Å². The molecule has 0 radical (unpaired) electrons. The molecule has 0 N–H and O–H groups in total. The summed E-state index contributed by atoms with van der Waals surface area (Å²) in [6, 6.07) is 21.5. The van der Waals surface area contributed by atoms with E-state index < -0.39 is 0 Å². The van der Waals surface area contributed by atoms with Gasteiger partial charge in [0.15, 0.2) is 0 Å². The molecule has 1 fully saturated rings. The van der Waals surface area contributed by atoms with Crippen LogP contribution in [0.3, 0.4) is 0 Å². The standard InChI is InChI=1S/C21H25NO2/c1-2-24-20(23)17-22-15-13-21(14-16-22,18-9-5-3-6-10-18)19-11-7-4-8-12-19/h3-12H,2,13-17H2,1H3. The average Bonchev–Trinajstić information content (AvgIpc) is 2.64. The normalized spacial score (nSPS) is 17.4. The molecule has 3 rings (SSSR count). The first-order chi connectivity index (χ1) is 11.7. The number of esters is 1. The van der Waals surface area contributed by atoms with Crippen molar-refractivity contribution < 1.29 is 9.53 Å². The molecule has 1 saturated heterocycles. The topological polar surface area (TPSA) is 29.5 Å². The van der Waals surface area contributed by atoms with E-state index in [0.717, 1.165) is 25.9 Å². The Labute approximate surface area is 144 Å². The van der Waals surface area contributed by atoms with E-state index in [4.69, 9.17) is 4.74 Å². The number of benzene rings is 2. The lowest BCUT2D eigenvalue weighted by molar-refractivity contribution is -0.144. The number of carbonyl (C=O) groups excluding carboxylic acids is 1. The molecular weight excluding hydrogens is 298 g/mol. The minimum atomic E-state index is -0.121. The van der Waals surface area contributed by atoms with E-state index in [9.17, 15) is 4.79 Å². The van der Waals surface area contributed by atoms with Gasteiger partial charge in [-0.1, -0.05) is 60.7 Å². The highest BCUT2D eigenvalue weighted by Gasteiger charge is 2.37. The first-order valence-corrected chi connectivity index (χ1v) is 8.73. The molecule has 0 unspecified atom stereocenters. The molecule has 1 heterocycles. The fourth-order valence-corrected chi connectivity index (χ4v) is 3.74. The summed E-state index contributed by atoms with van der Waals surface area (Å²) in [5, 5.41) is 0. The second kappa shape index (κ2) is 7.63. The van der Waals surface area contributed by atoms with E-state index >= 15 is 0 Å². The van der Waals surface area contributed by atoms with E-state index in [-0.39, 0.29) is 11.4 Å². The molecule has 2 aromatic carbocycles. The molecule has 0 aliphatic carbocycles. The highest BCUT2D eigenvalue weighted by atomic mass is 16.5. The van der Waals surface area contributed by atoms with Gasteiger partial charge in [-0.3, -0.25) is 9.69 Å². The van der Waals surface area contributed by atoms with Gasteiger partial charge in [0.1, 0.15) is 0 Å². The number of hydrogen-bond donors (Lipinski definition) is 0. The lowest BCUT2D eigenvalue weighted by Gasteiger charge is -2.42. The van der Waals surface area contributed by atoms with Gasteiger partial charge in [-0.25, -0.2) is 0 Å². The van der Waals surface area contributed by atoms with Crippen molar-refractivity contribution in [1.29, 1.82) is 0 Å². The molecule has 1 aliphatic heterocycles. The summed E-state index contributed by atoms with van der Waals surface area (Å²) < 4.78 is 5.09. The Balaban J connectivity index is 1.81. The van der Waals surface area contributed by atoms with Crippen LogP contribution in [0.1, 0.15) is 30.9 Å². The molecule has 2 aromatic rings. The Morgan fingerprint density at radius 2 is 1.46 bits per heavy atom. The van der Waals surface area contributed by atoms with Crippen molar-refractivity contribution in [3.05, 3.63) is 71.8 Å². The number of hydrogen-bond acceptors (Lipinski definition) is 3. The summed E-state index contributed by atoms with van der Waals surface area (Å²) >= 11 is 0. The fraction of sp³-hybridized carbons (Fsp3) is 0.381. The van der Waals surface area contributed by atoms with Crippen LogP contribution in [0.2, 0.25) is 0 Å². The third-order valence-corrected chi connectivity index (χ3v) is 5.02. The van der Waals surface area contributed by atoms with Crippen molar-refractivity contribution in [3.8, 4) is 0 Å². The van der Waals surface area contributed by atoms with E-state index in [2.05, 4.69) is 65.6 Å². The van der Waals surface area contributed by atoms with Gasteiger partial charge in [-0.15, -0.1) is 0 Å². The molecule has 0 atom stereocenters. The van der Waals surface area contributed by atoms with Crippen molar-refractivity contribution in [1.82, 2.24) is 4.90 Å². The summed E-state index contributed by atoms with van der Waals surface area (Å²) in [7, 11) is 0. The molecular formula is C21H25NO2. The van der Waals surface area contributed by atoms with Gasteiger partial charge in [0, 0.05) is 5.41 Å². The van der Waals surface area contributed by atoms with E-state index in [1.807, 2.05) is 6.92 Å². The van der Waals surface area contributed by atoms with E-state index in [0.29, 0.717) is 13.2 Å². The Bertz CT molecular complexity index is 605. The first kappa shape index (κ1) is 16.7. The number of piperidine rings is 1. The minimum Gasteiger partial charge on any atom is -0.465 e. The zero-order chi connectivity index (χ0) is 16.8. The molecule has 1 aliphatic rings. The van der Waals surface area contributed by atoms with Gasteiger partial charge >= 0.3 is 5.97 Å². The monoisotopic (exact) mass is 323 g/mol. The maximum Gasteiger partial charge on any atom is 0.320 e. The summed E-state index contributed by atoms with van der Waals surface area (Å²) in [4.78, 5) is 14.0. The largest absolute Gasteiger partial charge is 0.465 e. The van der Waals surface area contributed by atoms with Crippen molar-refractivity contribution in [2.45, 2.75) is 25.2 Å². The van der Waals surface area contributed by atoms with Gasteiger partial charge in [0.2, 0.25) is 0 Å². The molecule has 3 heteroatoms. The minimum absolute atomic E-state index is 0.0354.